The molecule has 0 aliphatic carbocycles. The Labute approximate surface area is 218 Å². The number of unbranched alkanes of at least 4 members (excludes halogenated alkanes) is 8. The van der Waals surface area contributed by atoms with E-state index in [0.717, 1.165) is 18.4 Å². The Kier molecular flexibility index (Phi) is 13.6. The Bertz CT molecular complexity index is 821. The minimum absolute atomic E-state index is 0. The van der Waals surface area contributed by atoms with E-state index < -0.39 is 10.1 Å². The Morgan fingerprint density at radius 1 is 0.828 bits per heavy atom. The minimum Gasteiger partial charge on any atom is -0.744 e. The van der Waals surface area contributed by atoms with Crippen LogP contribution in [0.15, 0.2) is 53.4 Å². The van der Waals surface area contributed by atoms with Crippen molar-refractivity contribution >= 4 is 10.1 Å². The second kappa shape index (κ2) is 14.7. The van der Waals surface area contributed by atoms with Gasteiger partial charge in [-0.05, 0) is 42.7 Å². The summed E-state index contributed by atoms with van der Waals surface area (Å²) in [7, 11) is -4.49. The zero-order chi connectivity index (χ0) is 20.2. The van der Waals surface area contributed by atoms with Crippen molar-refractivity contribution in [2.45, 2.75) is 76.0 Å². The third-order valence-corrected chi connectivity index (χ3v) is 5.68. The van der Waals surface area contributed by atoms with Gasteiger partial charge in [0.2, 0.25) is 0 Å². The average Bonchev–Trinajstić information content (AvgIpc) is 2.67. The van der Waals surface area contributed by atoms with Gasteiger partial charge in [0.1, 0.15) is 21.6 Å². The van der Waals surface area contributed by atoms with Gasteiger partial charge in [-0.15, -0.1) is 0 Å². The largest absolute Gasteiger partial charge is 1.00 e. The molecule has 0 amide bonds. The molecule has 0 heterocycles. The molecule has 0 atom stereocenters. The van der Waals surface area contributed by atoms with E-state index in [-0.39, 0.29) is 56.3 Å². The van der Waals surface area contributed by atoms with Crippen LogP contribution >= 0.6 is 0 Å². The van der Waals surface area contributed by atoms with E-state index in [2.05, 4.69) is 6.92 Å². The van der Waals surface area contributed by atoms with Crippen molar-refractivity contribution in [1.82, 2.24) is 0 Å². The second-order valence-corrected chi connectivity index (χ2v) is 8.60. The van der Waals surface area contributed by atoms with Crippen LogP contribution in [0.5, 0.6) is 11.5 Å². The van der Waals surface area contributed by atoms with Gasteiger partial charge in [-0.1, -0.05) is 82.6 Å². The van der Waals surface area contributed by atoms with Crippen molar-refractivity contribution in [1.29, 1.82) is 0 Å². The monoisotopic (exact) mass is 442 g/mol. The summed E-state index contributed by atoms with van der Waals surface area (Å²) in [6, 6.07) is 13.5. The SMILES string of the molecule is CCCCCCCCCCCc1ccccc1Oc1cccc(S(=O)(=O)[O-])c1.[K+]. The van der Waals surface area contributed by atoms with Crippen molar-refractivity contribution in [3.05, 3.63) is 54.1 Å². The molecule has 6 heteroatoms. The number of aryl methyl sites for hydroxylation is 1. The zero-order valence-corrected chi connectivity index (χ0v) is 21.7. The van der Waals surface area contributed by atoms with Crippen molar-refractivity contribution in [2.24, 2.45) is 0 Å². The molecule has 0 aliphatic rings. The Hall–Kier alpha value is -0.214. The van der Waals surface area contributed by atoms with E-state index in [1.165, 1.54) is 69.6 Å². The van der Waals surface area contributed by atoms with Crippen LogP contribution in [-0.2, 0) is 16.5 Å². The molecule has 0 N–H and O–H groups in total. The molecular formula is C23H31KO4S. The summed E-state index contributed by atoms with van der Waals surface area (Å²) in [6.45, 7) is 2.24. The summed E-state index contributed by atoms with van der Waals surface area (Å²) in [5, 5.41) is 0. The van der Waals surface area contributed by atoms with Crippen LogP contribution in [0.1, 0.15) is 70.3 Å². The third kappa shape index (κ3) is 10.6. The second-order valence-electron chi connectivity index (χ2n) is 7.22. The molecular weight excluding hydrogens is 411 g/mol. The van der Waals surface area contributed by atoms with Crippen molar-refractivity contribution in [2.75, 3.05) is 0 Å². The summed E-state index contributed by atoms with van der Waals surface area (Å²) in [4.78, 5) is -0.276. The third-order valence-electron chi connectivity index (χ3n) is 4.84. The van der Waals surface area contributed by atoms with Crippen LogP contribution in [0.2, 0.25) is 0 Å². The standard InChI is InChI=1S/C23H32O4S.K/c1-2-3-4-5-6-7-8-9-10-14-20-15-11-12-18-23(20)27-21-16-13-17-22(19-21)28(24,25)26;/h11-13,15-19H,2-10,14H2,1H3,(H,24,25,26);/q;+1/p-1. The first-order valence-electron chi connectivity index (χ1n) is 10.3. The smallest absolute Gasteiger partial charge is 0.744 e. The normalized spacial score (nSPS) is 11.1. The number of ether oxygens (including phenoxy) is 1. The summed E-state index contributed by atoms with van der Waals surface area (Å²) < 4.78 is 39.5. The average molecular weight is 443 g/mol. The van der Waals surface area contributed by atoms with Crippen LogP contribution in [0.25, 0.3) is 0 Å². The van der Waals surface area contributed by atoms with E-state index in [4.69, 9.17) is 4.74 Å². The predicted molar refractivity (Wildman–Crippen MR) is 112 cm³/mol. The molecule has 0 spiro atoms. The van der Waals surface area contributed by atoms with E-state index in [1.54, 1.807) is 6.07 Å². The fraction of sp³-hybridized carbons (Fsp3) is 0.478. The van der Waals surface area contributed by atoms with Crippen LogP contribution < -0.4 is 56.1 Å². The molecule has 0 aliphatic heterocycles. The van der Waals surface area contributed by atoms with Gasteiger partial charge in [-0.3, -0.25) is 0 Å². The molecule has 0 bridgehead atoms. The Morgan fingerprint density at radius 2 is 1.45 bits per heavy atom. The van der Waals surface area contributed by atoms with Crippen LogP contribution in [0.3, 0.4) is 0 Å². The molecule has 2 rings (SSSR count). The maximum atomic E-state index is 11.2. The number of hydrogen-bond donors (Lipinski definition) is 0. The zero-order valence-electron chi connectivity index (χ0n) is 17.7. The van der Waals surface area contributed by atoms with E-state index >= 15 is 0 Å². The van der Waals surface area contributed by atoms with Crippen molar-refractivity contribution in [3.8, 4) is 11.5 Å². The van der Waals surface area contributed by atoms with E-state index in [0.29, 0.717) is 11.5 Å². The van der Waals surface area contributed by atoms with Crippen LogP contribution in [0.4, 0.5) is 0 Å². The molecule has 0 saturated carbocycles. The van der Waals surface area contributed by atoms with Crippen LogP contribution in [-0.4, -0.2) is 13.0 Å². The van der Waals surface area contributed by atoms with E-state index in [9.17, 15) is 13.0 Å². The Balaban J connectivity index is 0.00000420. The summed E-state index contributed by atoms with van der Waals surface area (Å²) in [6.07, 6.45) is 12.5. The molecule has 29 heavy (non-hydrogen) atoms. The fourth-order valence-electron chi connectivity index (χ4n) is 3.26. The number of hydrogen-bond acceptors (Lipinski definition) is 4. The van der Waals surface area contributed by atoms with Gasteiger partial charge >= 0.3 is 51.4 Å². The van der Waals surface area contributed by atoms with Gasteiger partial charge in [0, 0.05) is 0 Å². The summed E-state index contributed by atoms with van der Waals surface area (Å²) in [5.74, 6) is 1.07. The molecule has 0 aromatic heterocycles. The topological polar surface area (TPSA) is 66.4 Å². The Morgan fingerprint density at radius 3 is 2.10 bits per heavy atom. The first kappa shape index (κ1) is 26.8. The van der Waals surface area contributed by atoms with Gasteiger partial charge < -0.3 is 9.29 Å². The minimum atomic E-state index is -4.49. The van der Waals surface area contributed by atoms with Crippen molar-refractivity contribution < 1.29 is 69.1 Å². The molecule has 2 aromatic carbocycles. The summed E-state index contributed by atoms with van der Waals surface area (Å²) in [5.41, 5.74) is 1.10. The van der Waals surface area contributed by atoms with Gasteiger partial charge in [-0.2, -0.15) is 0 Å². The quantitative estimate of drug-likeness (QED) is 0.271. The van der Waals surface area contributed by atoms with Crippen molar-refractivity contribution in [3.63, 3.8) is 0 Å². The maximum absolute atomic E-state index is 11.2. The molecule has 2 aromatic rings. The molecule has 0 unspecified atom stereocenters. The van der Waals surface area contributed by atoms with Crippen LogP contribution in [0, 0.1) is 0 Å². The van der Waals surface area contributed by atoms with E-state index in [1.807, 2.05) is 24.3 Å². The van der Waals surface area contributed by atoms with Gasteiger partial charge in [0.15, 0.2) is 0 Å². The van der Waals surface area contributed by atoms with Gasteiger partial charge in [0.25, 0.3) is 0 Å². The molecule has 154 valence electrons. The molecule has 0 fully saturated rings. The number of benzene rings is 2. The number of rotatable bonds is 13. The first-order chi connectivity index (χ1) is 13.5. The molecule has 0 radical (unpaired) electrons. The first-order valence-corrected chi connectivity index (χ1v) is 11.7. The maximum Gasteiger partial charge on any atom is 1.00 e. The number of para-hydroxylation sites is 1. The summed E-state index contributed by atoms with van der Waals surface area (Å²) >= 11 is 0. The predicted octanol–water partition coefficient (Wildman–Crippen LogP) is 3.46. The van der Waals surface area contributed by atoms with Gasteiger partial charge in [-0.25, -0.2) is 8.42 Å². The molecule has 0 saturated heterocycles. The molecule has 4 nitrogen and oxygen atoms in total. The fourth-order valence-corrected chi connectivity index (χ4v) is 3.76. The van der Waals surface area contributed by atoms with Gasteiger partial charge in [0.05, 0.1) is 4.90 Å².